The molecule has 0 unspecified atom stereocenters. The minimum atomic E-state index is 1.28. The van der Waals surface area contributed by atoms with E-state index in [9.17, 15) is 0 Å². The van der Waals surface area contributed by atoms with Gasteiger partial charge in [0, 0.05) is 0 Å². The Hall–Kier alpha value is -1.21. The van der Waals surface area contributed by atoms with E-state index in [1.54, 1.807) is 0 Å². The summed E-state index contributed by atoms with van der Waals surface area (Å²) in [4.78, 5) is 0. The van der Waals surface area contributed by atoms with Crippen molar-refractivity contribution in [1.29, 1.82) is 0 Å². The molecule has 0 fully saturated rings. The minimum absolute atomic E-state index is 1.28. The number of quaternary nitrogens is 1. The van der Waals surface area contributed by atoms with Crippen LogP contribution in [0.1, 0.15) is 27.7 Å². The monoisotopic (exact) mass is 247 g/mol. The molecule has 0 N–H and O–H groups in total. The third-order valence-corrected chi connectivity index (χ3v) is 3.68. The molecular formula is C17H29N. The summed E-state index contributed by atoms with van der Waals surface area (Å²) >= 11 is 0. The molecule has 0 atom stereocenters. The first kappa shape index (κ1) is 16.8. The van der Waals surface area contributed by atoms with Crippen LogP contribution in [0.5, 0.6) is 0 Å². The zero-order valence-corrected chi connectivity index (χ0v) is 12.5. The van der Waals surface area contributed by atoms with Crippen LogP contribution in [0.2, 0.25) is 0 Å². The van der Waals surface area contributed by atoms with Gasteiger partial charge in [-0.3, -0.25) is 0 Å². The van der Waals surface area contributed by atoms with Gasteiger partial charge in [0.15, 0.2) is 0 Å². The Morgan fingerprint density at radius 1 is 0.611 bits per heavy atom. The summed E-state index contributed by atoms with van der Waals surface area (Å²) in [5, 5.41) is 0. The molecule has 0 aliphatic rings. The van der Waals surface area contributed by atoms with Gasteiger partial charge in [-0.1, -0.05) is 12.1 Å². The van der Waals surface area contributed by atoms with Gasteiger partial charge in [0.25, 0.3) is 0 Å². The summed E-state index contributed by atoms with van der Waals surface area (Å²) in [6, 6.07) is 18.0. The van der Waals surface area contributed by atoms with Crippen molar-refractivity contribution in [3.05, 3.63) is 54.6 Å². The second-order valence-electron chi connectivity index (χ2n) is 4.34. The highest BCUT2D eigenvalue weighted by molar-refractivity contribution is 4.99. The van der Waals surface area contributed by atoms with Crippen molar-refractivity contribution in [3.8, 4) is 0 Å². The average molecular weight is 247 g/mol. The molecule has 0 heterocycles. The van der Waals surface area contributed by atoms with Crippen LogP contribution in [0.25, 0.3) is 0 Å². The Labute approximate surface area is 113 Å². The highest BCUT2D eigenvalue weighted by atomic mass is 15.3. The maximum absolute atomic E-state index is 2.27. The van der Waals surface area contributed by atoms with Crippen molar-refractivity contribution < 1.29 is 4.48 Å². The van der Waals surface area contributed by atoms with Crippen LogP contribution in [0.15, 0.2) is 54.6 Å². The highest BCUT2D eigenvalue weighted by Crippen LogP contribution is 2.03. The summed E-state index contributed by atoms with van der Waals surface area (Å²) in [5.41, 5.74) is 0. The third-order valence-electron chi connectivity index (χ3n) is 3.68. The van der Waals surface area contributed by atoms with E-state index < -0.39 is 0 Å². The summed E-state index contributed by atoms with van der Waals surface area (Å²) in [7, 11) is 0. The fourth-order valence-corrected chi connectivity index (χ4v) is 1.92. The molecule has 1 aromatic carbocycles. The fraction of sp³-hybridized carbons (Fsp3) is 0.471. The lowest BCUT2D eigenvalue weighted by molar-refractivity contribution is -0.921. The molecule has 0 amide bonds. The number of nitrogens with zero attached hydrogens (tertiary/aromatic N) is 1. The number of rotatable bonds is 4. The summed E-state index contributed by atoms with van der Waals surface area (Å²) in [6.07, 6.45) is 0. The van der Waals surface area contributed by atoms with Gasteiger partial charge in [-0.05, 0) is 27.7 Å². The Bertz CT molecular complexity index is 229. The van der Waals surface area contributed by atoms with E-state index in [0.29, 0.717) is 0 Å². The van der Waals surface area contributed by atoms with Gasteiger partial charge in [-0.25, -0.2) is 0 Å². The molecule has 1 aromatic rings. The molecule has 0 aliphatic carbocycles. The van der Waals surface area contributed by atoms with Crippen LogP contribution >= 0.6 is 0 Å². The Kier molecular flexibility index (Phi) is 10.2. The second kappa shape index (κ2) is 10.9. The normalized spacial score (nSPS) is 10.0. The van der Waals surface area contributed by atoms with Crippen LogP contribution < -0.4 is 0 Å². The van der Waals surface area contributed by atoms with Crippen LogP contribution in [0.4, 0.5) is 0 Å². The fourth-order valence-electron chi connectivity index (χ4n) is 1.92. The quantitative estimate of drug-likeness (QED) is 0.546. The van der Waals surface area contributed by atoms with Gasteiger partial charge >= 0.3 is 0 Å². The average Bonchev–Trinajstić information content (AvgIpc) is 2.58. The summed E-state index contributed by atoms with van der Waals surface area (Å²) in [6.45, 7) is 14.2. The largest absolute Gasteiger partial charge is 0.325 e. The standard InChI is InChI=1S/C9H9.C8H20N/c1-2-4-6-8-9-7-5-3-1;1-5-9(6-2,7-3)8-4/h1-9H;5-8H2,1-4H3/q-1;+1. The lowest BCUT2D eigenvalue weighted by atomic mass is 10.3. The predicted octanol–water partition coefficient (Wildman–Crippen LogP) is 4.41. The van der Waals surface area contributed by atoms with Crippen molar-refractivity contribution in [2.75, 3.05) is 26.2 Å². The van der Waals surface area contributed by atoms with E-state index in [0.717, 1.165) is 0 Å². The third kappa shape index (κ3) is 7.18. The zero-order chi connectivity index (χ0) is 13.7. The van der Waals surface area contributed by atoms with Crippen molar-refractivity contribution >= 4 is 0 Å². The van der Waals surface area contributed by atoms with Gasteiger partial charge in [0.2, 0.25) is 0 Å². The van der Waals surface area contributed by atoms with Gasteiger partial charge in [0.1, 0.15) is 0 Å². The molecule has 1 nitrogen and oxygen atoms in total. The first-order chi connectivity index (χ1) is 8.74. The van der Waals surface area contributed by atoms with Gasteiger partial charge in [-0.15, -0.1) is 12.1 Å². The van der Waals surface area contributed by atoms with Crippen LogP contribution in [0.3, 0.4) is 0 Å². The molecule has 18 heavy (non-hydrogen) atoms. The van der Waals surface area contributed by atoms with Crippen LogP contribution in [0, 0.1) is 0 Å². The van der Waals surface area contributed by atoms with Crippen LogP contribution in [-0.2, 0) is 0 Å². The van der Waals surface area contributed by atoms with Crippen molar-refractivity contribution in [2.45, 2.75) is 27.7 Å². The molecule has 0 spiro atoms. The zero-order valence-electron chi connectivity index (χ0n) is 12.5. The molecule has 1 heteroatoms. The lowest BCUT2D eigenvalue weighted by Gasteiger charge is -2.34. The molecule has 0 bridgehead atoms. The van der Waals surface area contributed by atoms with Gasteiger partial charge in [0.05, 0.1) is 26.2 Å². The molecule has 0 radical (unpaired) electrons. The van der Waals surface area contributed by atoms with E-state index in [2.05, 4.69) is 27.7 Å². The lowest BCUT2D eigenvalue weighted by Crippen LogP contribution is -2.47. The SMILES string of the molecule is CC[N+](CC)(CC)CC.c1cccc[cH-]ccc1. The molecular weight excluding hydrogens is 218 g/mol. The van der Waals surface area contributed by atoms with E-state index in [1.807, 2.05) is 54.6 Å². The molecule has 0 saturated carbocycles. The first-order valence-corrected chi connectivity index (χ1v) is 7.09. The Balaban J connectivity index is 0.000000321. The maximum atomic E-state index is 2.27. The second-order valence-corrected chi connectivity index (χ2v) is 4.34. The van der Waals surface area contributed by atoms with Crippen molar-refractivity contribution in [3.63, 3.8) is 0 Å². The summed E-state index contributed by atoms with van der Waals surface area (Å²) < 4.78 is 1.28. The Morgan fingerprint density at radius 2 is 0.944 bits per heavy atom. The summed E-state index contributed by atoms with van der Waals surface area (Å²) in [5.74, 6) is 0. The molecule has 1 rings (SSSR count). The van der Waals surface area contributed by atoms with E-state index >= 15 is 0 Å². The molecule has 0 aliphatic heterocycles. The van der Waals surface area contributed by atoms with Crippen molar-refractivity contribution in [2.24, 2.45) is 0 Å². The maximum Gasteiger partial charge on any atom is 0.0757 e. The molecule has 0 saturated heterocycles. The highest BCUT2D eigenvalue weighted by Gasteiger charge is 2.16. The molecule has 0 aromatic heterocycles. The van der Waals surface area contributed by atoms with Gasteiger partial charge in [-0.2, -0.15) is 30.3 Å². The Morgan fingerprint density at radius 3 is 1.22 bits per heavy atom. The smallest absolute Gasteiger partial charge is 0.0757 e. The first-order valence-electron chi connectivity index (χ1n) is 7.09. The minimum Gasteiger partial charge on any atom is -0.325 e. The van der Waals surface area contributed by atoms with Crippen molar-refractivity contribution in [1.82, 2.24) is 0 Å². The van der Waals surface area contributed by atoms with Crippen LogP contribution in [-0.4, -0.2) is 30.7 Å². The van der Waals surface area contributed by atoms with Gasteiger partial charge < -0.3 is 4.48 Å². The number of hydrogen-bond donors (Lipinski definition) is 0. The van der Waals surface area contributed by atoms with E-state index in [1.165, 1.54) is 30.7 Å². The predicted molar refractivity (Wildman–Crippen MR) is 82.1 cm³/mol. The topological polar surface area (TPSA) is 0 Å². The molecule has 102 valence electrons. The van der Waals surface area contributed by atoms with E-state index in [4.69, 9.17) is 0 Å². The van der Waals surface area contributed by atoms with E-state index in [-0.39, 0.29) is 0 Å². The number of hydrogen-bond acceptors (Lipinski definition) is 0.